The van der Waals surface area contributed by atoms with Crippen molar-refractivity contribution in [1.29, 1.82) is 0 Å². The Morgan fingerprint density at radius 3 is 3.05 bits per heavy atom. The zero-order valence-electron chi connectivity index (χ0n) is 10.5. The van der Waals surface area contributed by atoms with Gasteiger partial charge in [0.25, 0.3) is 5.91 Å². The molecule has 0 atom stereocenters. The zero-order valence-corrected chi connectivity index (χ0v) is 11.3. The minimum absolute atomic E-state index is 0.203. The minimum atomic E-state index is -0.279. The van der Waals surface area contributed by atoms with Crippen LogP contribution < -0.4 is 5.32 Å². The Bertz CT molecular complexity index is 717. The summed E-state index contributed by atoms with van der Waals surface area (Å²) in [6, 6.07) is 1.79. The summed E-state index contributed by atoms with van der Waals surface area (Å²) >= 11 is 1.38. The van der Waals surface area contributed by atoms with E-state index in [0.29, 0.717) is 17.4 Å². The second kappa shape index (κ2) is 5.25. The van der Waals surface area contributed by atoms with Gasteiger partial charge in [0.05, 0.1) is 12.8 Å². The maximum atomic E-state index is 11.9. The van der Waals surface area contributed by atoms with Gasteiger partial charge in [-0.3, -0.25) is 4.79 Å². The fraction of sp³-hybridized carbons (Fsp3) is 0.167. The molecule has 1 N–H and O–H groups in total. The van der Waals surface area contributed by atoms with Crippen LogP contribution in [-0.2, 0) is 6.54 Å². The summed E-state index contributed by atoms with van der Waals surface area (Å²) in [7, 11) is 0. The molecule has 0 radical (unpaired) electrons. The van der Waals surface area contributed by atoms with E-state index in [1.807, 2.05) is 0 Å². The first kappa shape index (κ1) is 12.5. The number of aromatic nitrogens is 3. The SMILES string of the molecule is Cc1nc(CNC(=O)c2csc(-c3ccoc3)n2)no1. The summed E-state index contributed by atoms with van der Waals surface area (Å²) in [5, 5.41) is 8.81. The standard InChI is InChI=1S/C12H10N4O3S/c1-7-14-10(16-19-7)4-13-11(17)9-6-20-12(15-9)8-2-3-18-5-8/h2-3,5-6H,4H2,1H3,(H,13,17). The highest BCUT2D eigenvalue weighted by molar-refractivity contribution is 7.13. The molecule has 3 aromatic rings. The Morgan fingerprint density at radius 1 is 1.45 bits per heavy atom. The Hall–Kier alpha value is -2.48. The molecule has 0 bridgehead atoms. The molecule has 1 amide bonds. The molecule has 0 aliphatic rings. The van der Waals surface area contributed by atoms with Crippen LogP contribution in [0.1, 0.15) is 22.2 Å². The molecule has 3 heterocycles. The van der Waals surface area contributed by atoms with Crippen molar-refractivity contribution in [3.05, 3.63) is 41.4 Å². The van der Waals surface area contributed by atoms with Crippen LogP contribution in [0.15, 0.2) is 32.9 Å². The molecule has 3 aromatic heterocycles. The lowest BCUT2D eigenvalue weighted by Crippen LogP contribution is -2.23. The lowest BCUT2D eigenvalue weighted by atomic mass is 10.3. The molecular formula is C12H10N4O3S. The average molecular weight is 290 g/mol. The molecule has 0 aromatic carbocycles. The fourth-order valence-corrected chi connectivity index (χ4v) is 2.35. The Labute approximate surface area is 117 Å². The van der Waals surface area contributed by atoms with E-state index in [9.17, 15) is 4.79 Å². The van der Waals surface area contributed by atoms with E-state index in [2.05, 4.69) is 20.4 Å². The molecule has 20 heavy (non-hydrogen) atoms. The molecule has 0 aliphatic heterocycles. The van der Waals surface area contributed by atoms with Gasteiger partial charge in [0, 0.05) is 17.9 Å². The van der Waals surface area contributed by atoms with Gasteiger partial charge >= 0.3 is 0 Å². The molecule has 0 saturated carbocycles. The van der Waals surface area contributed by atoms with E-state index in [1.54, 1.807) is 30.9 Å². The summed E-state index contributed by atoms with van der Waals surface area (Å²) in [5.74, 6) is 0.615. The van der Waals surface area contributed by atoms with Crippen LogP contribution in [0.4, 0.5) is 0 Å². The first-order chi connectivity index (χ1) is 9.72. The molecule has 7 nitrogen and oxygen atoms in total. The van der Waals surface area contributed by atoms with Gasteiger partial charge in [-0.2, -0.15) is 4.98 Å². The van der Waals surface area contributed by atoms with Crippen LogP contribution in [0, 0.1) is 6.92 Å². The quantitative estimate of drug-likeness (QED) is 0.790. The highest BCUT2D eigenvalue weighted by Crippen LogP contribution is 2.23. The van der Waals surface area contributed by atoms with Crippen LogP contribution in [-0.4, -0.2) is 21.0 Å². The normalized spacial score (nSPS) is 10.7. The number of thiazole rings is 1. The second-order valence-corrected chi connectivity index (χ2v) is 4.82. The van der Waals surface area contributed by atoms with Gasteiger partial charge in [-0.05, 0) is 6.07 Å². The van der Waals surface area contributed by atoms with Crippen LogP contribution in [0.5, 0.6) is 0 Å². The highest BCUT2D eigenvalue weighted by Gasteiger charge is 2.13. The smallest absolute Gasteiger partial charge is 0.271 e. The lowest BCUT2D eigenvalue weighted by molar-refractivity contribution is 0.0945. The summed E-state index contributed by atoms with van der Waals surface area (Å²) < 4.78 is 9.80. The number of hydrogen-bond donors (Lipinski definition) is 1. The van der Waals surface area contributed by atoms with E-state index in [4.69, 9.17) is 8.94 Å². The zero-order chi connectivity index (χ0) is 13.9. The van der Waals surface area contributed by atoms with Gasteiger partial charge in [-0.1, -0.05) is 5.16 Å². The molecule has 3 rings (SSSR count). The summed E-state index contributed by atoms with van der Waals surface area (Å²) in [6.07, 6.45) is 3.15. The van der Waals surface area contributed by atoms with Crippen molar-refractivity contribution in [2.45, 2.75) is 13.5 Å². The largest absolute Gasteiger partial charge is 0.472 e. The van der Waals surface area contributed by atoms with Gasteiger partial charge in [0.2, 0.25) is 5.89 Å². The van der Waals surface area contributed by atoms with Crippen LogP contribution in [0.3, 0.4) is 0 Å². The topological polar surface area (TPSA) is 94.1 Å². The number of rotatable bonds is 4. The molecule has 102 valence electrons. The molecule has 0 aliphatic carbocycles. The molecule has 0 saturated heterocycles. The van der Waals surface area contributed by atoms with Gasteiger partial charge in [-0.25, -0.2) is 4.98 Å². The monoisotopic (exact) mass is 290 g/mol. The Morgan fingerprint density at radius 2 is 2.35 bits per heavy atom. The third-order valence-electron chi connectivity index (χ3n) is 2.48. The van der Waals surface area contributed by atoms with Crippen molar-refractivity contribution in [1.82, 2.24) is 20.4 Å². The number of nitrogens with zero attached hydrogens (tertiary/aromatic N) is 3. The number of aryl methyl sites for hydroxylation is 1. The second-order valence-electron chi connectivity index (χ2n) is 3.96. The minimum Gasteiger partial charge on any atom is -0.472 e. The predicted octanol–water partition coefficient (Wildman–Crippen LogP) is 2.02. The molecular weight excluding hydrogens is 280 g/mol. The Kier molecular flexibility index (Phi) is 3.30. The van der Waals surface area contributed by atoms with E-state index in [-0.39, 0.29) is 12.5 Å². The van der Waals surface area contributed by atoms with Gasteiger partial charge in [-0.15, -0.1) is 11.3 Å². The first-order valence-corrected chi connectivity index (χ1v) is 6.66. The Balaban J connectivity index is 1.65. The van der Waals surface area contributed by atoms with Crippen molar-refractivity contribution in [2.75, 3.05) is 0 Å². The summed E-state index contributed by atoms with van der Waals surface area (Å²) in [5.41, 5.74) is 1.20. The number of carbonyl (C=O) groups is 1. The van der Waals surface area contributed by atoms with Crippen molar-refractivity contribution in [3.8, 4) is 10.6 Å². The lowest BCUT2D eigenvalue weighted by Gasteiger charge is -1.98. The van der Waals surface area contributed by atoms with Gasteiger partial charge < -0.3 is 14.3 Å². The number of furan rings is 1. The molecule has 0 unspecified atom stereocenters. The summed E-state index contributed by atoms with van der Waals surface area (Å²) in [4.78, 5) is 20.2. The number of hydrogen-bond acceptors (Lipinski definition) is 7. The van der Waals surface area contributed by atoms with Gasteiger partial charge in [0.1, 0.15) is 17.0 Å². The average Bonchev–Trinajstić information content (AvgIpc) is 3.16. The number of carbonyl (C=O) groups excluding carboxylic acids is 1. The van der Waals surface area contributed by atoms with E-state index in [0.717, 1.165) is 10.6 Å². The molecule has 0 fully saturated rings. The predicted molar refractivity (Wildman–Crippen MR) is 70.0 cm³/mol. The molecule has 8 heteroatoms. The van der Waals surface area contributed by atoms with E-state index >= 15 is 0 Å². The highest BCUT2D eigenvalue weighted by atomic mass is 32.1. The fourth-order valence-electron chi connectivity index (χ4n) is 1.56. The van der Waals surface area contributed by atoms with Crippen molar-refractivity contribution in [2.24, 2.45) is 0 Å². The molecule has 0 spiro atoms. The van der Waals surface area contributed by atoms with Crippen LogP contribution in [0.2, 0.25) is 0 Å². The van der Waals surface area contributed by atoms with E-state index in [1.165, 1.54) is 11.3 Å². The first-order valence-electron chi connectivity index (χ1n) is 5.78. The van der Waals surface area contributed by atoms with Crippen LogP contribution >= 0.6 is 11.3 Å². The number of nitrogens with one attached hydrogen (secondary N) is 1. The maximum absolute atomic E-state index is 11.9. The summed E-state index contributed by atoms with van der Waals surface area (Å²) in [6.45, 7) is 1.89. The number of amides is 1. The third kappa shape index (κ3) is 2.59. The van der Waals surface area contributed by atoms with Gasteiger partial charge in [0.15, 0.2) is 5.82 Å². The maximum Gasteiger partial charge on any atom is 0.271 e. The van der Waals surface area contributed by atoms with Crippen LogP contribution in [0.25, 0.3) is 10.6 Å². The van der Waals surface area contributed by atoms with Crippen molar-refractivity contribution < 1.29 is 13.7 Å². The third-order valence-corrected chi connectivity index (χ3v) is 3.37. The van der Waals surface area contributed by atoms with Crippen molar-refractivity contribution in [3.63, 3.8) is 0 Å². The van der Waals surface area contributed by atoms with E-state index < -0.39 is 0 Å². The van der Waals surface area contributed by atoms with Crippen molar-refractivity contribution >= 4 is 17.2 Å².